The number of hydrazone groups is 1. The number of hydrogen-bond acceptors (Lipinski definition) is 5. The Morgan fingerprint density at radius 1 is 0.875 bits per heavy atom. The molecule has 0 spiro atoms. The number of aromatic amines is 1. The van der Waals surface area contributed by atoms with E-state index in [4.69, 9.17) is 9.84 Å². The van der Waals surface area contributed by atoms with E-state index in [-0.39, 0.29) is 18.0 Å². The molecular formula is C39H31FN4O4. The zero-order chi connectivity index (χ0) is 33.0. The number of nitrogens with one attached hydrogen (secondary N) is 2. The van der Waals surface area contributed by atoms with Crippen molar-refractivity contribution in [1.29, 1.82) is 0 Å². The van der Waals surface area contributed by atoms with Crippen LogP contribution in [-0.4, -0.2) is 46.1 Å². The van der Waals surface area contributed by atoms with Crippen molar-refractivity contribution in [3.8, 4) is 0 Å². The largest absolute Gasteiger partial charge is 0.454 e. The van der Waals surface area contributed by atoms with Crippen LogP contribution in [0.3, 0.4) is 0 Å². The number of halogens is 1. The summed E-state index contributed by atoms with van der Waals surface area (Å²) in [6.07, 6.45) is 2.36. The van der Waals surface area contributed by atoms with Crippen molar-refractivity contribution in [3.05, 3.63) is 156 Å². The molecule has 8 nitrogen and oxygen atoms in total. The van der Waals surface area contributed by atoms with Gasteiger partial charge in [-0.2, -0.15) is 5.10 Å². The minimum absolute atomic E-state index is 0.102. The van der Waals surface area contributed by atoms with Gasteiger partial charge in [-0.05, 0) is 63.9 Å². The Bertz CT molecular complexity index is 2160. The topological polar surface area (TPSA) is 104 Å². The second-order valence-electron chi connectivity index (χ2n) is 11.7. The zero-order valence-electron chi connectivity index (χ0n) is 25.8. The van der Waals surface area contributed by atoms with E-state index in [9.17, 15) is 18.8 Å². The number of esters is 1. The molecule has 0 radical (unpaired) electrons. The van der Waals surface area contributed by atoms with E-state index in [0.29, 0.717) is 6.42 Å². The quantitative estimate of drug-likeness (QED) is 0.172. The summed E-state index contributed by atoms with van der Waals surface area (Å²) in [6.45, 7) is -0.576. The second-order valence-corrected chi connectivity index (χ2v) is 11.7. The maximum Gasteiger partial charge on any atom is 0.329 e. The summed E-state index contributed by atoms with van der Waals surface area (Å²) in [6, 6.07) is 34.8. The van der Waals surface area contributed by atoms with E-state index in [1.807, 2.05) is 91.0 Å². The smallest absolute Gasteiger partial charge is 0.329 e. The summed E-state index contributed by atoms with van der Waals surface area (Å²) in [4.78, 5) is 43.6. The van der Waals surface area contributed by atoms with Crippen LogP contribution in [0.15, 0.2) is 133 Å². The van der Waals surface area contributed by atoms with Crippen molar-refractivity contribution in [3.63, 3.8) is 0 Å². The van der Waals surface area contributed by atoms with Crippen molar-refractivity contribution >= 4 is 45.2 Å². The first-order valence-corrected chi connectivity index (χ1v) is 15.6. The van der Waals surface area contributed by atoms with Gasteiger partial charge in [-0.3, -0.25) is 9.59 Å². The summed E-state index contributed by atoms with van der Waals surface area (Å²) >= 11 is 0. The van der Waals surface area contributed by atoms with Crippen molar-refractivity contribution in [2.45, 2.75) is 24.9 Å². The third-order valence-electron chi connectivity index (χ3n) is 8.57. The molecule has 2 N–H and O–H groups in total. The summed E-state index contributed by atoms with van der Waals surface area (Å²) < 4.78 is 19.1. The van der Waals surface area contributed by atoms with E-state index in [1.54, 1.807) is 6.20 Å². The molecule has 0 saturated heterocycles. The molecule has 1 aliphatic heterocycles. The maximum atomic E-state index is 13.7. The molecule has 48 heavy (non-hydrogen) atoms. The number of nitrogens with zero attached hydrogens (tertiary/aromatic N) is 2. The van der Waals surface area contributed by atoms with Gasteiger partial charge in [-0.25, -0.2) is 14.2 Å². The summed E-state index contributed by atoms with van der Waals surface area (Å²) in [5, 5.41) is 11.9. The van der Waals surface area contributed by atoms with Crippen LogP contribution in [0.5, 0.6) is 0 Å². The van der Waals surface area contributed by atoms with Crippen molar-refractivity contribution in [2.75, 3.05) is 6.61 Å². The van der Waals surface area contributed by atoms with Gasteiger partial charge in [0.2, 0.25) is 0 Å². The number of ether oxygens (including phenoxy) is 1. The highest BCUT2D eigenvalue weighted by atomic mass is 19.1. The molecule has 1 aromatic heterocycles. The number of amides is 2. The number of para-hydroxylation sites is 1. The van der Waals surface area contributed by atoms with Gasteiger partial charge >= 0.3 is 5.97 Å². The molecule has 0 aliphatic carbocycles. The molecule has 2 amide bonds. The van der Waals surface area contributed by atoms with Crippen LogP contribution in [0.2, 0.25) is 0 Å². The van der Waals surface area contributed by atoms with Crippen LogP contribution >= 0.6 is 0 Å². The molecule has 6 aromatic rings. The molecule has 0 fully saturated rings. The number of fused-ring (bicyclic) bond motifs is 2. The lowest BCUT2D eigenvalue weighted by Gasteiger charge is -2.23. The second kappa shape index (κ2) is 13.3. The number of hydrogen-bond donors (Lipinski definition) is 2. The molecule has 2 heterocycles. The van der Waals surface area contributed by atoms with E-state index < -0.39 is 36.2 Å². The average Bonchev–Trinajstić information content (AvgIpc) is 3.76. The molecule has 9 heteroatoms. The van der Waals surface area contributed by atoms with E-state index in [1.165, 1.54) is 29.3 Å². The van der Waals surface area contributed by atoms with Crippen molar-refractivity contribution < 1.29 is 23.5 Å². The van der Waals surface area contributed by atoms with E-state index in [2.05, 4.69) is 16.4 Å². The van der Waals surface area contributed by atoms with Gasteiger partial charge in [-0.1, -0.05) is 84.9 Å². The molecule has 0 saturated carbocycles. The number of benzene rings is 5. The van der Waals surface area contributed by atoms with Crippen LogP contribution in [0.4, 0.5) is 4.39 Å². The third-order valence-corrected chi connectivity index (χ3v) is 8.57. The first kappa shape index (κ1) is 30.6. The summed E-state index contributed by atoms with van der Waals surface area (Å²) in [5.74, 6) is -2.33. The average molecular weight is 639 g/mol. The van der Waals surface area contributed by atoms with E-state index >= 15 is 0 Å². The van der Waals surface area contributed by atoms with Gasteiger partial charge < -0.3 is 15.0 Å². The Morgan fingerprint density at radius 3 is 2.42 bits per heavy atom. The fraction of sp³-hybridized carbons (Fsp3) is 0.128. The maximum absolute atomic E-state index is 13.7. The van der Waals surface area contributed by atoms with Crippen molar-refractivity contribution in [1.82, 2.24) is 15.3 Å². The third kappa shape index (κ3) is 6.43. The Labute approximate surface area is 275 Å². The Hall–Kier alpha value is -6.09. The SMILES string of the molecule is O=C(N[C@@H](Cc1c[nH]c2ccccc12)C(=O)OCC(=O)N1N=C(c2ccc3ccccc3c2)C[C@@H]1c1ccccc1)c1ccc(F)cc1. The molecule has 0 unspecified atom stereocenters. The highest BCUT2D eigenvalue weighted by Crippen LogP contribution is 2.33. The van der Waals surface area contributed by atoms with Crippen molar-refractivity contribution in [2.24, 2.45) is 5.10 Å². The predicted octanol–water partition coefficient (Wildman–Crippen LogP) is 6.72. The first-order chi connectivity index (χ1) is 23.4. The van der Waals surface area contributed by atoms with Crippen LogP contribution in [0, 0.1) is 5.82 Å². The molecule has 1 aliphatic rings. The summed E-state index contributed by atoms with van der Waals surface area (Å²) in [5.41, 5.74) is 4.40. The van der Waals surface area contributed by atoms with E-state index in [0.717, 1.165) is 44.1 Å². The highest BCUT2D eigenvalue weighted by molar-refractivity contribution is 6.05. The Morgan fingerprint density at radius 2 is 1.60 bits per heavy atom. The molecule has 2 atom stereocenters. The fourth-order valence-corrected chi connectivity index (χ4v) is 6.07. The minimum atomic E-state index is -1.13. The number of aromatic nitrogens is 1. The van der Waals surface area contributed by atoms with Gasteiger partial charge in [0.15, 0.2) is 6.61 Å². The minimum Gasteiger partial charge on any atom is -0.454 e. The molecule has 0 bridgehead atoms. The van der Waals surface area contributed by atoms with Gasteiger partial charge in [0.25, 0.3) is 11.8 Å². The van der Waals surface area contributed by atoms with Crippen LogP contribution in [0.25, 0.3) is 21.7 Å². The van der Waals surface area contributed by atoms with Gasteiger partial charge in [0, 0.05) is 35.5 Å². The van der Waals surface area contributed by atoms with Gasteiger partial charge in [0.05, 0.1) is 11.8 Å². The fourth-order valence-electron chi connectivity index (χ4n) is 6.07. The van der Waals surface area contributed by atoms with Crippen LogP contribution in [0.1, 0.15) is 39.5 Å². The molecular weight excluding hydrogens is 607 g/mol. The number of rotatable bonds is 9. The number of carbonyl (C=O) groups excluding carboxylic acids is 3. The lowest BCUT2D eigenvalue weighted by Crippen LogP contribution is -2.44. The number of carbonyl (C=O) groups is 3. The van der Waals surface area contributed by atoms with Crippen LogP contribution in [-0.2, 0) is 20.7 Å². The standard InChI is InChI=1S/C39H31FN4O4/c40-31-18-16-27(17-19-31)38(46)42-35(21-30-23-41-33-13-7-6-12-32(30)33)39(47)48-24-37(45)44-36(26-9-2-1-3-10-26)22-34(43-44)29-15-14-25-8-4-5-11-28(25)20-29/h1-20,23,35-36,41H,21-22,24H2,(H,42,46)/t35-,36+/m0/s1. The van der Waals surface area contributed by atoms with Gasteiger partial charge in [0.1, 0.15) is 11.9 Å². The molecule has 238 valence electrons. The lowest BCUT2D eigenvalue weighted by molar-refractivity contribution is -0.154. The Balaban J connectivity index is 1.12. The normalized spacial score (nSPS) is 14.9. The zero-order valence-corrected chi connectivity index (χ0v) is 25.8. The van der Waals surface area contributed by atoms with Gasteiger partial charge in [-0.15, -0.1) is 0 Å². The monoisotopic (exact) mass is 638 g/mol. The first-order valence-electron chi connectivity index (χ1n) is 15.6. The lowest BCUT2D eigenvalue weighted by atomic mass is 9.97. The summed E-state index contributed by atoms with van der Waals surface area (Å²) in [7, 11) is 0. The highest BCUT2D eigenvalue weighted by Gasteiger charge is 2.34. The molecule has 5 aromatic carbocycles. The molecule has 7 rings (SSSR count). The Kier molecular flexibility index (Phi) is 8.49. The number of H-pyrrole nitrogens is 1. The van der Waals surface area contributed by atoms with Crippen LogP contribution < -0.4 is 5.32 Å². The predicted molar refractivity (Wildman–Crippen MR) is 182 cm³/mol.